The van der Waals surface area contributed by atoms with Crippen molar-refractivity contribution in [3.8, 4) is 5.75 Å². The van der Waals surface area contributed by atoms with Crippen molar-refractivity contribution in [1.82, 2.24) is 20.5 Å². The topological polar surface area (TPSA) is 101 Å². The lowest BCUT2D eigenvalue weighted by Crippen LogP contribution is -2.47. The predicted octanol–water partition coefficient (Wildman–Crippen LogP) is 3.65. The van der Waals surface area contributed by atoms with Crippen LogP contribution in [0.4, 0.5) is 17.3 Å². The number of nitrogens with zero attached hydrogens (tertiary/aromatic N) is 3. The molecule has 0 aliphatic carbocycles. The lowest BCUT2D eigenvalue weighted by atomic mass is 10.1. The van der Waals surface area contributed by atoms with Crippen molar-refractivity contribution >= 4 is 34.8 Å². The van der Waals surface area contributed by atoms with Crippen LogP contribution in [0.15, 0.2) is 60.9 Å². The third kappa shape index (κ3) is 6.31. The van der Waals surface area contributed by atoms with Crippen LogP contribution in [0.3, 0.4) is 0 Å². The second-order valence-corrected chi connectivity index (χ2v) is 7.36. The molecule has 3 N–H and O–H groups in total. The van der Waals surface area contributed by atoms with E-state index < -0.39 is 5.60 Å². The maximum Gasteiger partial charge on any atom is 0.263 e. The van der Waals surface area contributed by atoms with Crippen LogP contribution < -0.4 is 20.7 Å². The third-order valence-electron chi connectivity index (χ3n) is 4.05. The summed E-state index contributed by atoms with van der Waals surface area (Å²) in [7, 11) is 0. The smallest absolute Gasteiger partial charge is 0.263 e. The number of nitrogens with one attached hydrogen (secondary N) is 3. The van der Waals surface area contributed by atoms with Gasteiger partial charge in [-0.25, -0.2) is 0 Å². The zero-order chi connectivity index (χ0) is 21.4. The maximum absolute atomic E-state index is 12.4. The van der Waals surface area contributed by atoms with Gasteiger partial charge >= 0.3 is 0 Å². The highest BCUT2D eigenvalue weighted by Crippen LogP contribution is 2.21. The van der Waals surface area contributed by atoms with Gasteiger partial charge < -0.3 is 20.7 Å². The van der Waals surface area contributed by atoms with Gasteiger partial charge in [0, 0.05) is 24.3 Å². The molecule has 9 heteroatoms. The SMILES string of the molecule is CC(C)(Oc1ccc(Cl)cc1)C(=O)NCCNc1ccc(Nc2cccnc2)nn1. The van der Waals surface area contributed by atoms with E-state index in [9.17, 15) is 4.79 Å². The second-order valence-electron chi connectivity index (χ2n) is 6.92. The lowest BCUT2D eigenvalue weighted by molar-refractivity contribution is -0.134. The van der Waals surface area contributed by atoms with Gasteiger partial charge in [-0.3, -0.25) is 9.78 Å². The van der Waals surface area contributed by atoms with E-state index in [2.05, 4.69) is 31.1 Å². The van der Waals surface area contributed by atoms with Gasteiger partial charge in [0.15, 0.2) is 11.4 Å². The highest BCUT2D eigenvalue weighted by molar-refractivity contribution is 6.30. The van der Waals surface area contributed by atoms with Crippen LogP contribution in [0.1, 0.15) is 13.8 Å². The zero-order valence-electron chi connectivity index (χ0n) is 16.7. The Morgan fingerprint density at radius 1 is 1.03 bits per heavy atom. The first-order chi connectivity index (χ1) is 14.4. The van der Waals surface area contributed by atoms with E-state index in [4.69, 9.17) is 16.3 Å². The van der Waals surface area contributed by atoms with Gasteiger partial charge in [0.1, 0.15) is 11.6 Å². The molecule has 0 radical (unpaired) electrons. The fraction of sp³-hybridized carbons (Fsp3) is 0.238. The molecule has 1 aromatic carbocycles. The Kier molecular flexibility index (Phi) is 7.03. The number of hydrogen-bond donors (Lipinski definition) is 3. The largest absolute Gasteiger partial charge is 0.478 e. The summed E-state index contributed by atoms with van der Waals surface area (Å²) >= 11 is 5.87. The van der Waals surface area contributed by atoms with Crippen LogP contribution >= 0.6 is 11.6 Å². The predicted molar refractivity (Wildman–Crippen MR) is 117 cm³/mol. The number of benzene rings is 1. The van der Waals surface area contributed by atoms with Gasteiger partial charge in [0.05, 0.1) is 11.9 Å². The first-order valence-electron chi connectivity index (χ1n) is 9.40. The second kappa shape index (κ2) is 9.89. The van der Waals surface area contributed by atoms with Crippen molar-refractivity contribution in [2.45, 2.75) is 19.4 Å². The van der Waals surface area contributed by atoms with Crippen molar-refractivity contribution in [3.63, 3.8) is 0 Å². The Balaban J connectivity index is 1.41. The molecule has 3 rings (SSSR count). The van der Waals surface area contributed by atoms with Gasteiger partial charge in [-0.15, -0.1) is 10.2 Å². The summed E-state index contributed by atoms with van der Waals surface area (Å²) in [5.74, 6) is 1.58. The monoisotopic (exact) mass is 426 g/mol. The Morgan fingerprint density at radius 3 is 2.43 bits per heavy atom. The van der Waals surface area contributed by atoms with Crippen LogP contribution in [0.5, 0.6) is 5.75 Å². The minimum absolute atomic E-state index is 0.221. The first-order valence-corrected chi connectivity index (χ1v) is 9.78. The molecule has 0 aliphatic heterocycles. The fourth-order valence-electron chi connectivity index (χ4n) is 2.50. The average molecular weight is 427 g/mol. The standard InChI is InChI=1S/C21H23ClN6O2/c1-21(2,30-17-7-5-15(22)6-8-17)20(29)25-13-12-24-18-9-10-19(28-27-18)26-16-4-3-11-23-14-16/h3-11,14H,12-13H2,1-2H3,(H,24,27)(H,25,29)(H,26,28). The number of ether oxygens (including phenoxy) is 1. The molecule has 0 saturated heterocycles. The zero-order valence-corrected chi connectivity index (χ0v) is 17.5. The van der Waals surface area contributed by atoms with Gasteiger partial charge in [0.2, 0.25) is 0 Å². The molecule has 2 aromatic heterocycles. The summed E-state index contributed by atoms with van der Waals surface area (Å²) < 4.78 is 5.77. The number of halogens is 1. The normalized spacial score (nSPS) is 10.9. The van der Waals surface area contributed by atoms with Crippen molar-refractivity contribution < 1.29 is 9.53 Å². The van der Waals surface area contributed by atoms with Gasteiger partial charge in [-0.05, 0) is 62.4 Å². The number of aromatic nitrogens is 3. The molecule has 156 valence electrons. The van der Waals surface area contributed by atoms with E-state index in [1.165, 1.54) is 0 Å². The molecule has 0 bridgehead atoms. The van der Waals surface area contributed by atoms with E-state index in [1.807, 2.05) is 18.2 Å². The molecule has 0 spiro atoms. The molecule has 0 atom stereocenters. The summed E-state index contributed by atoms with van der Waals surface area (Å²) in [6.07, 6.45) is 3.41. The Hall–Kier alpha value is -3.39. The van der Waals surface area contributed by atoms with E-state index in [1.54, 1.807) is 56.6 Å². The lowest BCUT2D eigenvalue weighted by Gasteiger charge is -2.25. The summed E-state index contributed by atoms with van der Waals surface area (Å²) in [5.41, 5.74) is -0.188. The number of pyridine rings is 1. The number of amides is 1. The Labute approximate surface area is 180 Å². The molecule has 2 heterocycles. The van der Waals surface area contributed by atoms with Gasteiger partial charge in [0.25, 0.3) is 5.91 Å². The number of carbonyl (C=O) groups is 1. The third-order valence-corrected chi connectivity index (χ3v) is 4.30. The maximum atomic E-state index is 12.4. The highest BCUT2D eigenvalue weighted by Gasteiger charge is 2.29. The minimum atomic E-state index is -1.02. The van der Waals surface area contributed by atoms with Gasteiger partial charge in [-0.1, -0.05) is 11.6 Å². The average Bonchev–Trinajstić information content (AvgIpc) is 2.74. The van der Waals surface area contributed by atoms with Crippen LogP contribution in [0.25, 0.3) is 0 Å². The quantitative estimate of drug-likeness (QED) is 0.449. The van der Waals surface area contributed by atoms with E-state index in [0.29, 0.717) is 35.5 Å². The van der Waals surface area contributed by atoms with Crippen LogP contribution in [-0.2, 0) is 4.79 Å². The highest BCUT2D eigenvalue weighted by atomic mass is 35.5. The van der Waals surface area contributed by atoms with Crippen LogP contribution in [0.2, 0.25) is 5.02 Å². The number of rotatable bonds is 9. The molecule has 0 unspecified atom stereocenters. The molecule has 0 aliphatic rings. The summed E-state index contributed by atoms with van der Waals surface area (Å²) in [4.78, 5) is 16.5. The molecule has 3 aromatic rings. The molecule has 0 fully saturated rings. The van der Waals surface area contributed by atoms with Crippen LogP contribution in [0, 0.1) is 0 Å². The summed E-state index contributed by atoms with van der Waals surface area (Å²) in [6.45, 7) is 4.32. The van der Waals surface area contributed by atoms with Crippen molar-refractivity contribution in [3.05, 3.63) is 65.9 Å². The van der Waals surface area contributed by atoms with E-state index in [0.717, 1.165) is 5.69 Å². The molecular weight excluding hydrogens is 404 g/mol. The Bertz CT molecular complexity index is 949. The summed E-state index contributed by atoms with van der Waals surface area (Å²) in [6, 6.07) is 14.2. The molecule has 8 nitrogen and oxygen atoms in total. The van der Waals surface area contributed by atoms with Gasteiger partial charge in [-0.2, -0.15) is 0 Å². The number of hydrogen-bond acceptors (Lipinski definition) is 7. The van der Waals surface area contributed by atoms with Crippen molar-refractivity contribution in [2.75, 3.05) is 23.7 Å². The van der Waals surface area contributed by atoms with E-state index in [-0.39, 0.29) is 5.91 Å². The molecule has 30 heavy (non-hydrogen) atoms. The minimum Gasteiger partial charge on any atom is -0.478 e. The number of anilines is 3. The van der Waals surface area contributed by atoms with E-state index >= 15 is 0 Å². The number of carbonyl (C=O) groups excluding carboxylic acids is 1. The van der Waals surface area contributed by atoms with Crippen molar-refractivity contribution in [1.29, 1.82) is 0 Å². The first kappa shape index (κ1) is 21.3. The molecular formula is C21H23ClN6O2. The van der Waals surface area contributed by atoms with Crippen molar-refractivity contribution in [2.24, 2.45) is 0 Å². The van der Waals surface area contributed by atoms with Crippen LogP contribution in [-0.4, -0.2) is 39.8 Å². The molecule has 0 saturated carbocycles. The fourth-order valence-corrected chi connectivity index (χ4v) is 2.63. The Morgan fingerprint density at radius 2 is 1.77 bits per heavy atom. The summed E-state index contributed by atoms with van der Waals surface area (Å²) in [5, 5.41) is 17.9. The molecule has 1 amide bonds.